The molecular weight excluding hydrogens is 264 g/mol. The summed E-state index contributed by atoms with van der Waals surface area (Å²) in [6.07, 6.45) is -2.08. The molecule has 0 bridgehead atoms. The molecule has 1 saturated heterocycles. The second kappa shape index (κ2) is 4.55. The third-order valence-electron chi connectivity index (χ3n) is 1.41. The van der Waals surface area contributed by atoms with Crippen LogP contribution in [0.1, 0.15) is 6.92 Å². The molecule has 16 heavy (non-hydrogen) atoms. The second-order valence-corrected chi connectivity index (χ2v) is 6.38. The molecule has 1 fully saturated rings. The van der Waals surface area contributed by atoms with E-state index in [-0.39, 0.29) is 0 Å². The van der Waals surface area contributed by atoms with E-state index in [1.165, 1.54) is 6.92 Å². The predicted octanol–water partition coefficient (Wildman–Crippen LogP) is -1.02. The number of ether oxygens (including phenoxy) is 2. The summed E-state index contributed by atoms with van der Waals surface area (Å²) in [5.41, 5.74) is 0. The number of hydrogen-bond donors (Lipinski definition) is 0. The Balaban J connectivity index is 2.75. The van der Waals surface area contributed by atoms with Gasteiger partial charge in [-0.25, -0.2) is 8.37 Å². The van der Waals surface area contributed by atoms with Gasteiger partial charge in [-0.3, -0.25) is 0 Å². The maximum absolute atomic E-state index is 10.8. The Morgan fingerprint density at radius 3 is 1.44 bits per heavy atom. The topological polar surface area (TPSA) is 105 Å². The van der Waals surface area contributed by atoms with Gasteiger partial charge in [0.25, 0.3) is 20.2 Å². The fourth-order valence-electron chi connectivity index (χ4n) is 1.02. The molecule has 10 heteroatoms. The van der Waals surface area contributed by atoms with E-state index >= 15 is 0 Å². The predicted molar refractivity (Wildman–Crippen MR) is 51.1 cm³/mol. The fraction of sp³-hybridized carbons (Fsp3) is 1.00. The normalized spacial score (nSPS) is 31.8. The van der Waals surface area contributed by atoms with E-state index in [4.69, 9.17) is 9.47 Å². The molecule has 0 aromatic heterocycles. The summed E-state index contributed by atoms with van der Waals surface area (Å²) >= 11 is 0. The molecule has 0 aromatic rings. The summed E-state index contributed by atoms with van der Waals surface area (Å²) in [7, 11) is -7.60. The summed E-state index contributed by atoms with van der Waals surface area (Å²) in [5.74, 6) is 0. The van der Waals surface area contributed by atoms with Crippen LogP contribution in [0, 0.1) is 0 Å². The van der Waals surface area contributed by atoms with Crippen LogP contribution in [0.3, 0.4) is 0 Å². The summed E-state index contributed by atoms with van der Waals surface area (Å²) in [6, 6.07) is 0. The van der Waals surface area contributed by atoms with Gasteiger partial charge in [0.2, 0.25) is 12.6 Å². The lowest BCUT2D eigenvalue weighted by Crippen LogP contribution is -2.32. The second-order valence-electron chi connectivity index (χ2n) is 3.18. The Hall–Kier alpha value is -0.260. The first-order valence-electron chi connectivity index (χ1n) is 4.14. The van der Waals surface area contributed by atoms with Gasteiger partial charge < -0.3 is 9.47 Å². The summed E-state index contributed by atoms with van der Waals surface area (Å²) < 4.78 is 62.1. The van der Waals surface area contributed by atoms with Crippen molar-refractivity contribution in [1.29, 1.82) is 0 Å². The molecule has 2 unspecified atom stereocenters. The zero-order chi connectivity index (χ0) is 12.6. The Labute approximate surface area is 93.7 Å². The Kier molecular flexibility index (Phi) is 3.92. The Bertz CT molecular complexity index is 395. The Morgan fingerprint density at radius 2 is 1.19 bits per heavy atom. The van der Waals surface area contributed by atoms with Crippen LogP contribution in [0.5, 0.6) is 0 Å². The average molecular weight is 276 g/mol. The highest BCUT2D eigenvalue weighted by Crippen LogP contribution is 2.23. The third-order valence-corrected chi connectivity index (χ3v) is 2.49. The largest absolute Gasteiger partial charge is 0.317 e. The van der Waals surface area contributed by atoms with Gasteiger partial charge in [0, 0.05) is 0 Å². The third kappa shape index (κ3) is 4.72. The summed E-state index contributed by atoms with van der Waals surface area (Å²) in [6.45, 7) is 1.45. The van der Waals surface area contributed by atoms with Crippen molar-refractivity contribution < 1.29 is 34.7 Å². The van der Waals surface area contributed by atoms with E-state index < -0.39 is 39.1 Å². The van der Waals surface area contributed by atoms with E-state index in [1.54, 1.807) is 0 Å². The van der Waals surface area contributed by atoms with Gasteiger partial charge in [0.15, 0.2) is 6.29 Å². The lowest BCUT2D eigenvalue weighted by atomic mass is 10.6. The van der Waals surface area contributed by atoms with Crippen molar-refractivity contribution in [3.05, 3.63) is 0 Å². The highest BCUT2D eigenvalue weighted by atomic mass is 32.2. The molecule has 1 rings (SSSR count). The molecule has 0 saturated carbocycles. The van der Waals surface area contributed by atoms with E-state index in [2.05, 4.69) is 8.37 Å². The molecule has 1 heterocycles. The van der Waals surface area contributed by atoms with Gasteiger partial charge in [-0.1, -0.05) is 0 Å². The zero-order valence-electron chi connectivity index (χ0n) is 8.81. The van der Waals surface area contributed by atoms with E-state index in [0.29, 0.717) is 0 Å². The van der Waals surface area contributed by atoms with Crippen LogP contribution in [0.25, 0.3) is 0 Å². The summed E-state index contributed by atoms with van der Waals surface area (Å²) in [4.78, 5) is 0. The van der Waals surface area contributed by atoms with Crippen molar-refractivity contribution in [2.45, 2.75) is 25.8 Å². The van der Waals surface area contributed by atoms with Crippen molar-refractivity contribution in [2.24, 2.45) is 0 Å². The minimum Gasteiger partial charge on any atom is -0.317 e. The number of hydrogen-bond acceptors (Lipinski definition) is 8. The minimum atomic E-state index is -3.80. The van der Waals surface area contributed by atoms with Gasteiger partial charge in [-0.05, 0) is 6.92 Å². The van der Waals surface area contributed by atoms with Crippen molar-refractivity contribution in [1.82, 2.24) is 0 Å². The van der Waals surface area contributed by atoms with E-state index in [1.807, 2.05) is 0 Å². The van der Waals surface area contributed by atoms with Gasteiger partial charge in [0.05, 0.1) is 12.5 Å². The molecule has 0 aromatic carbocycles. The highest BCUT2D eigenvalue weighted by Gasteiger charge is 2.40. The van der Waals surface area contributed by atoms with E-state index in [9.17, 15) is 16.8 Å². The van der Waals surface area contributed by atoms with E-state index in [0.717, 1.165) is 12.5 Å². The molecule has 8 nitrogen and oxygen atoms in total. The first kappa shape index (κ1) is 13.8. The van der Waals surface area contributed by atoms with Crippen LogP contribution in [-0.2, 0) is 38.1 Å². The maximum Gasteiger partial charge on any atom is 0.267 e. The molecule has 1 aliphatic rings. The van der Waals surface area contributed by atoms with Crippen LogP contribution < -0.4 is 0 Å². The molecule has 2 atom stereocenters. The maximum atomic E-state index is 10.8. The van der Waals surface area contributed by atoms with Crippen molar-refractivity contribution in [3.63, 3.8) is 0 Å². The quantitative estimate of drug-likeness (QED) is 0.601. The van der Waals surface area contributed by atoms with Crippen LogP contribution in [0.2, 0.25) is 0 Å². The average Bonchev–Trinajstić information content (AvgIpc) is 2.23. The smallest absolute Gasteiger partial charge is 0.267 e. The molecule has 0 amide bonds. The van der Waals surface area contributed by atoms with Crippen LogP contribution in [-0.4, -0.2) is 48.2 Å². The lowest BCUT2D eigenvalue weighted by Gasteiger charge is -2.14. The SMILES string of the molecule is CC1OC(OS(C)(=O)=O)C(OS(C)(=O)=O)O1. The van der Waals surface area contributed by atoms with Crippen LogP contribution in [0.15, 0.2) is 0 Å². The van der Waals surface area contributed by atoms with Gasteiger partial charge in [-0.2, -0.15) is 16.8 Å². The van der Waals surface area contributed by atoms with Crippen molar-refractivity contribution >= 4 is 20.2 Å². The monoisotopic (exact) mass is 276 g/mol. The number of rotatable bonds is 4. The highest BCUT2D eigenvalue weighted by molar-refractivity contribution is 7.86. The van der Waals surface area contributed by atoms with Crippen LogP contribution >= 0.6 is 0 Å². The molecule has 0 aliphatic carbocycles. The molecule has 0 spiro atoms. The summed E-state index contributed by atoms with van der Waals surface area (Å²) in [5, 5.41) is 0. The first-order valence-corrected chi connectivity index (χ1v) is 7.77. The minimum absolute atomic E-state index is 0.802. The fourth-order valence-corrected chi connectivity index (χ4v) is 1.98. The van der Waals surface area contributed by atoms with Crippen molar-refractivity contribution in [2.75, 3.05) is 12.5 Å². The lowest BCUT2D eigenvalue weighted by molar-refractivity contribution is -0.0975. The standard InChI is InChI=1S/C6H12O8S2/c1-4-11-5(13-15(2,7)8)6(12-4)14-16(3,9)10/h4-6H,1-3H3. The van der Waals surface area contributed by atoms with Gasteiger partial charge in [0.1, 0.15) is 0 Å². The van der Waals surface area contributed by atoms with Crippen molar-refractivity contribution in [3.8, 4) is 0 Å². The molecule has 96 valence electrons. The Morgan fingerprint density at radius 1 is 0.875 bits per heavy atom. The molecule has 0 N–H and O–H groups in total. The molecule has 1 aliphatic heterocycles. The molecular formula is C6H12O8S2. The van der Waals surface area contributed by atoms with Gasteiger partial charge >= 0.3 is 0 Å². The van der Waals surface area contributed by atoms with Crippen LogP contribution in [0.4, 0.5) is 0 Å². The zero-order valence-corrected chi connectivity index (χ0v) is 10.4. The van der Waals surface area contributed by atoms with Gasteiger partial charge in [-0.15, -0.1) is 0 Å². The first-order chi connectivity index (χ1) is 7.07. The molecule has 0 radical (unpaired) electrons.